The highest BCUT2D eigenvalue weighted by Crippen LogP contribution is 2.20. The van der Waals surface area contributed by atoms with E-state index in [-0.39, 0.29) is 17.5 Å². The second-order valence-corrected chi connectivity index (χ2v) is 7.33. The van der Waals surface area contributed by atoms with E-state index in [2.05, 4.69) is 5.32 Å². The Labute approximate surface area is 170 Å². The fourth-order valence-electron chi connectivity index (χ4n) is 3.26. The highest BCUT2D eigenvalue weighted by molar-refractivity contribution is 6.31. The van der Waals surface area contributed by atoms with Gasteiger partial charge in [0.15, 0.2) is 0 Å². The molecule has 0 heterocycles. The Hall–Kier alpha value is -2.77. The first-order valence-electron chi connectivity index (χ1n) is 9.54. The van der Waals surface area contributed by atoms with E-state index in [1.54, 1.807) is 6.08 Å². The number of nitriles is 1. The standard InChI is InChI=1S/C23H23ClN2O2/c24-22-9-5-4-6-18(22)16-28-21-12-10-17(11-13-21)14-19(15-25)23(27)26-20-7-2-1-3-8-20/h4-6,9-14,20H,1-3,7-8,16H2,(H,26,27). The highest BCUT2D eigenvalue weighted by atomic mass is 35.5. The van der Waals surface area contributed by atoms with Gasteiger partial charge in [-0.15, -0.1) is 0 Å². The summed E-state index contributed by atoms with van der Waals surface area (Å²) < 4.78 is 5.76. The van der Waals surface area contributed by atoms with Gasteiger partial charge in [-0.3, -0.25) is 4.79 Å². The van der Waals surface area contributed by atoms with Crippen LogP contribution in [0.4, 0.5) is 0 Å². The minimum atomic E-state index is -0.298. The number of hydrogen-bond donors (Lipinski definition) is 1. The molecule has 2 aromatic carbocycles. The summed E-state index contributed by atoms with van der Waals surface area (Å²) in [5, 5.41) is 13.0. The van der Waals surface area contributed by atoms with Crippen LogP contribution in [0.3, 0.4) is 0 Å². The molecule has 1 saturated carbocycles. The minimum absolute atomic E-state index is 0.121. The second-order valence-electron chi connectivity index (χ2n) is 6.93. The van der Waals surface area contributed by atoms with Gasteiger partial charge < -0.3 is 10.1 Å². The quantitative estimate of drug-likeness (QED) is 0.535. The lowest BCUT2D eigenvalue weighted by Crippen LogP contribution is -2.36. The van der Waals surface area contributed by atoms with Crippen molar-refractivity contribution in [2.45, 2.75) is 44.8 Å². The third kappa shape index (κ3) is 5.61. The molecule has 1 amide bonds. The Bertz CT molecular complexity index is 878. The monoisotopic (exact) mass is 394 g/mol. The summed E-state index contributed by atoms with van der Waals surface area (Å²) in [5.74, 6) is 0.399. The highest BCUT2D eigenvalue weighted by Gasteiger charge is 2.18. The van der Waals surface area contributed by atoms with Crippen LogP contribution < -0.4 is 10.1 Å². The molecular formula is C23H23ClN2O2. The fourth-order valence-corrected chi connectivity index (χ4v) is 3.45. The maximum Gasteiger partial charge on any atom is 0.262 e. The van der Waals surface area contributed by atoms with Crippen LogP contribution in [0.15, 0.2) is 54.1 Å². The van der Waals surface area contributed by atoms with Crippen LogP contribution in [0.1, 0.15) is 43.2 Å². The van der Waals surface area contributed by atoms with Gasteiger partial charge in [-0.25, -0.2) is 0 Å². The van der Waals surface area contributed by atoms with Crippen LogP contribution in [-0.4, -0.2) is 11.9 Å². The van der Waals surface area contributed by atoms with Crippen molar-refractivity contribution in [3.63, 3.8) is 0 Å². The van der Waals surface area contributed by atoms with Gasteiger partial charge in [0.2, 0.25) is 0 Å². The molecule has 0 bridgehead atoms. The van der Waals surface area contributed by atoms with Crippen LogP contribution in [0.5, 0.6) is 5.75 Å². The molecule has 2 aromatic rings. The molecule has 28 heavy (non-hydrogen) atoms. The molecule has 4 nitrogen and oxygen atoms in total. The molecular weight excluding hydrogens is 372 g/mol. The molecule has 0 atom stereocenters. The predicted molar refractivity (Wildman–Crippen MR) is 111 cm³/mol. The van der Waals surface area contributed by atoms with Crippen LogP contribution in [0.25, 0.3) is 6.08 Å². The van der Waals surface area contributed by atoms with Crippen LogP contribution in [0, 0.1) is 11.3 Å². The molecule has 0 saturated heterocycles. The number of nitrogens with zero attached hydrogens (tertiary/aromatic N) is 1. The average molecular weight is 395 g/mol. The van der Waals surface area contributed by atoms with Gasteiger partial charge >= 0.3 is 0 Å². The Kier molecular flexibility index (Phi) is 7.11. The summed E-state index contributed by atoms with van der Waals surface area (Å²) in [6.45, 7) is 0.377. The SMILES string of the molecule is N#CC(=Cc1ccc(OCc2ccccc2Cl)cc1)C(=O)NC1CCCCC1. The van der Waals surface area contributed by atoms with Gasteiger partial charge in [-0.1, -0.05) is 61.2 Å². The fraction of sp³-hybridized carbons (Fsp3) is 0.304. The first kappa shape index (κ1) is 20.0. The molecule has 1 N–H and O–H groups in total. The zero-order chi connectivity index (χ0) is 19.8. The van der Waals surface area contributed by atoms with Gasteiger partial charge in [-0.2, -0.15) is 5.26 Å². The van der Waals surface area contributed by atoms with Crippen molar-refractivity contribution >= 4 is 23.6 Å². The van der Waals surface area contributed by atoms with Gasteiger partial charge in [0.05, 0.1) is 0 Å². The molecule has 1 aliphatic rings. The lowest BCUT2D eigenvalue weighted by atomic mass is 9.95. The summed E-state index contributed by atoms with van der Waals surface area (Å²) in [7, 11) is 0. The van der Waals surface area contributed by atoms with Gasteiger partial charge in [0.25, 0.3) is 5.91 Å². The molecule has 0 radical (unpaired) electrons. The van der Waals surface area contributed by atoms with Gasteiger partial charge in [0, 0.05) is 16.6 Å². The van der Waals surface area contributed by atoms with E-state index < -0.39 is 0 Å². The second kappa shape index (κ2) is 9.96. The number of carbonyl (C=O) groups is 1. The topological polar surface area (TPSA) is 62.1 Å². The summed E-state index contributed by atoms with van der Waals surface area (Å²) in [5.41, 5.74) is 1.81. The Balaban J connectivity index is 1.60. The molecule has 144 valence electrons. The molecule has 3 rings (SSSR count). The smallest absolute Gasteiger partial charge is 0.262 e. The Morgan fingerprint density at radius 2 is 1.86 bits per heavy atom. The number of nitrogens with one attached hydrogen (secondary N) is 1. The first-order chi connectivity index (χ1) is 13.7. The van der Waals surface area contributed by atoms with Crippen molar-refractivity contribution in [2.24, 2.45) is 0 Å². The number of hydrogen-bond acceptors (Lipinski definition) is 3. The van der Waals surface area contributed by atoms with E-state index in [9.17, 15) is 10.1 Å². The molecule has 1 aliphatic carbocycles. The Morgan fingerprint density at radius 1 is 1.14 bits per heavy atom. The zero-order valence-electron chi connectivity index (χ0n) is 15.7. The number of rotatable bonds is 6. The first-order valence-corrected chi connectivity index (χ1v) is 9.92. The van der Waals surface area contributed by atoms with E-state index in [0.717, 1.165) is 36.8 Å². The summed E-state index contributed by atoms with van der Waals surface area (Å²) in [6, 6.07) is 17.0. The summed E-state index contributed by atoms with van der Waals surface area (Å²) in [4.78, 5) is 12.4. The normalized spacial score (nSPS) is 14.9. The van der Waals surface area contributed by atoms with Crippen molar-refractivity contribution in [3.05, 3.63) is 70.3 Å². The number of ether oxygens (including phenoxy) is 1. The predicted octanol–water partition coefficient (Wildman–Crippen LogP) is 5.27. The van der Waals surface area contributed by atoms with Crippen molar-refractivity contribution in [1.82, 2.24) is 5.32 Å². The van der Waals surface area contributed by atoms with Crippen molar-refractivity contribution in [2.75, 3.05) is 0 Å². The van der Waals surface area contributed by atoms with Crippen LogP contribution in [0.2, 0.25) is 5.02 Å². The summed E-state index contributed by atoms with van der Waals surface area (Å²) >= 11 is 6.13. The third-order valence-corrected chi connectivity index (χ3v) is 5.22. The molecule has 0 aliphatic heterocycles. The number of benzene rings is 2. The lowest BCUT2D eigenvalue weighted by molar-refractivity contribution is -0.117. The maximum atomic E-state index is 12.4. The van der Waals surface area contributed by atoms with E-state index in [1.807, 2.05) is 54.6 Å². The largest absolute Gasteiger partial charge is 0.489 e. The van der Waals surface area contributed by atoms with E-state index >= 15 is 0 Å². The van der Waals surface area contributed by atoms with E-state index in [4.69, 9.17) is 16.3 Å². The minimum Gasteiger partial charge on any atom is -0.489 e. The number of halogens is 1. The van der Waals surface area contributed by atoms with Crippen LogP contribution >= 0.6 is 11.6 Å². The summed E-state index contributed by atoms with van der Waals surface area (Å²) in [6.07, 6.45) is 7.07. The van der Waals surface area contributed by atoms with E-state index in [0.29, 0.717) is 17.4 Å². The number of carbonyl (C=O) groups excluding carboxylic acids is 1. The van der Waals surface area contributed by atoms with Crippen LogP contribution in [-0.2, 0) is 11.4 Å². The third-order valence-electron chi connectivity index (χ3n) is 4.85. The van der Waals surface area contributed by atoms with Gasteiger partial charge in [0.1, 0.15) is 24.0 Å². The lowest BCUT2D eigenvalue weighted by Gasteiger charge is -2.22. The van der Waals surface area contributed by atoms with E-state index in [1.165, 1.54) is 6.42 Å². The average Bonchev–Trinajstić information content (AvgIpc) is 2.73. The van der Waals surface area contributed by atoms with Crippen molar-refractivity contribution < 1.29 is 9.53 Å². The molecule has 0 aromatic heterocycles. The maximum absolute atomic E-state index is 12.4. The number of amides is 1. The molecule has 0 unspecified atom stereocenters. The zero-order valence-corrected chi connectivity index (χ0v) is 16.4. The molecule has 5 heteroatoms. The molecule has 1 fully saturated rings. The van der Waals surface area contributed by atoms with Gasteiger partial charge in [-0.05, 0) is 42.7 Å². The van der Waals surface area contributed by atoms with Crippen molar-refractivity contribution in [1.29, 1.82) is 5.26 Å². The molecule has 0 spiro atoms. The Morgan fingerprint density at radius 3 is 2.54 bits per heavy atom. The van der Waals surface area contributed by atoms with Crippen molar-refractivity contribution in [3.8, 4) is 11.8 Å².